The molecule has 0 saturated carbocycles. The summed E-state index contributed by atoms with van der Waals surface area (Å²) >= 11 is 0. The third-order valence-electron chi connectivity index (χ3n) is 4.40. The van der Waals surface area contributed by atoms with Gasteiger partial charge in [0.2, 0.25) is 11.8 Å². The molecule has 0 aliphatic rings. The third kappa shape index (κ3) is 9.26. The fourth-order valence-electron chi connectivity index (χ4n) is 2.69. The Morgan fingerprint density at radius 1 is 1.00 bits per heavy atom. The Balaban J connectivity index is 4.89. The largest absolute Gasteiger partial charge is 0.391 e. The van der Waals surface area contributed by atoms with Gasteiger partial charge < -0.3 is 27.2 Å². The summed E-state index contributed by atoms with van der Waals surface area (Å²) in [5.41, 5.74) is 11.1. The lowest BCUT2D eigenvalue weighted by molar-refractivity contribution is -0.135. The van der Waals surface area contributed by atoms with Gasteiger partial charge >= 0.3 is 0 Å². The molecule has 26 heavy (non-hydrogen) atoms. The number of carbonyl (C=O) groups is 3. The van der Waals surface area contributed by atoms with Crippen LogP contribution in [0.2, 0.25) is 0 Å². The highest BCUT2D eigenvalue weighted by Gasteiger charge is 2.30. The Labute approximate surface area is 156 Å². The first-order valence-electron chi connectivity index (χ1n) is 9.47. The molecule has 0 aromatic rings. The smallest absolute Gasteiger partial charge is 0.245 e. The van der Waals surface area contributed by atoms with Crippen molar-refractivity contribution in [2.45, 2.75) is 77.5 Å². The summed E-state index contributed by atoms with van der Waals surface area (Å²) in [5, 5.41) is 15.0. The zero-order valence-electron chi connectivity index (χ0n) is 16.3. The molecule has 0 aromatic carbocycles. The molecule has 0 aliphatic carbocycles. The number of nitrogens with two attached hydrogens (primary N) is 2. The highest BCUT2D eigenvalue weighted by atomic mass is 16.3. The number of carbonyl (C=O) groups excluding carboxylic acids is 3. The summed E-state index contributed by atoms with van der Waals surface area (Å²) in [7, 11) is 0. The molecule has 0 aliphatic heterocycles. The average molecular weight is 373 g/mol. The number of nitrogens with one attached hydrogen (secondary N) is 2. The second-order valence-corrected chi connectivity index (χ2v) is 6.76. The molecule has 2 amide bonds. The topological polar surface area (TPSA) is 148 Å². The predicted molar refractivity (Wildman–Crippen MR) is 101 cm³/mol. The molecule has 8 nitrogen and oxygen atoms in total. The number of unbranched alkanes of at least 4 members (excludes halogenated alkanes) is 3. The van der Waals surface area contributed by atoms with Gasteiger partial charge in [-0.15, -0.1) is 0 Å². The van der Waals surface area contributed by atoms with Crippen LogP contribution in [0.25, 0.3) is 0 Å². The number of hydrogen-bond acceptors (Lipinski definition) is 6. The first-order valence-corrected chi connectivity index (χ1v) is 9.47. The van der Waals surface area contributed by atoms with Crippen LogP contribution < -0.4 is 22.1 Å². The van der Waals surface area contributed by atoms with Crippen LogP contribution in [-0.4, -0.2) is 54.0 Å². The molecule has 8 heteroatoms. The molecular weight excluding hydrogens is 336 g/mol. The van der Waals surface area contributed by atoms with Crippen molar-refractivity contribution >= 4 is 17.6 Å². The van der Waals surface area contributed by atoms with Crippen molar-refractivity contribution in [3.63, 3.8) is 0 Å². The molecule has 0 fully saturated rings. The maximum atomic E-state index is 12.6. The van der Waals surface area contributed by atoms with E-state index < -0.39 is 24.1 Å². The van der Waals surface area contributed by atoms with Crippen molar-refractivity contribution in [3.05, 3.63) is 0 Å². The molecule has 0 rings (SSSR count). The molecule has 0 aromatic heterocycles. The van der Waals surface area contributed by atoms with Crippen molar-refractivity contribution in [3.8, 4) is 0 Å². The first kappa shape index (κ1) is 24.5. The Kier molecular flexibility index (Phi) is 12.9. The number of ketones is 1. The van der Waals surface area contributed by atoms with Crippen LogP contribution in [0.3, 0.4) is 0 Å². The minimum Gasteiger partial charge on any atom is -0.391 e. The maximum Gasteiger partial charge on any atom is 0.245 e. The number of aliphatic hydroxyl groups is 1. The minimum atomic E-state index is -1.15. The lowest BCUT2D eigenvalue weighted by Gasteiger charge is -2.25. The number of hydrogen-bond donors (Lipinski definition) is 5. The third-order valence-corrected chi connectivity index (χ3v) is 4.40. The SMILES string of the molecule is CCCCCCC(CCN)C(=O)N[C@H](C(=O)N[C@@H](CN)C(C)=O)[C@H](C)O. The zero-order valence-corrected chi connectivity index (χ0v) is 16.3. The summed E-state index contributed by atoms with van der Waals surface area (Å²) in [6.45, 7) is 5.17. The van der Waals surface area contributed by atoms with Gasteiger partial charge in [-0.3, -0.25) is 14.4 Å². The van der Waals surface area contributed by atoms with E-state index in [-0.39, 0.29) is 24.2 Å². The lowest BCUT2D eigenvalue weighted by Crippen LogP contribution is -2.57. The van der Waals surface area contributed by atoms with Gasteiger partial charge in [-0.1, -0.05) is 32.6 Å². The molecule has 1 unspecified atom stereocenters. The minimum absolute atomic E-state index is 0.0468. The van der Waals surface area contributed by atoms with Crippen LogP contribution in [0.15, 0.2) is 0 Å². The number of Topliss-reactive ketones (excluding diaryl/α,β-unsaturated/α-hetero) is 1. The van der Waals surface area contributed by atoms with Crippen molar-refractivity contribution < 1.29 is 19.5 Å². The lowest BCUT2D eigenvalue weighted by atomic mass is 9.95. The Morgan fingerprint density at radius 3 is 2.12 bits per heavy atom. The van der Waals surface area contributed by atoms with Gasteiger partial charge in [0, 0.05) is 12.5 Å². The van der Waals surface area contributed by atoms with Crippen molar-refractivity contribution in [1.82, 2.24) is 10.6 Å². The molecule has 152 valence electrons. The molecular formula is C18H36N4O4. The van der Waals surface area contributed by atoms with E-state index in [9.17, 15) is 19.5 Å². The van der Waals surface area contributed by atoms with E-state index in [1.165, 1.54) is 13.8 Å². The van der Waals surface area contributed by atoms with Crippen molar-refractivity contribution in [2.75, 3.05) is 13.1 Å². The fourth-order valence-corrected chi connectivity index (χ4v) is 2.69. The van der Waals surface area contributed by atoms with Crippen LogP contribution in [0, 0.1) is 5.92 Å². The summed E-state index contributed by atoms with van der Waals surface area (Å²) < 4.78 is 0. The number of aliphatic hydroxyl groups excluding tert-OH is 1. The molecule has 4 atom stereocenters. The second kappa shape index (κ2) is 13.7. The highest BCUT2D eigenvalue weighted by molar-refractivity contribution is 5.92. The van der Waals surface area contributed by atoms with Crippen molar-refractivity contribution in [2.24, 2.45) is 17.4 Å². The Hall–Kier alpha value is -1.51. The van der Waals surface area contributed by atoms with Crippen LogP contribution in [0.5, 0.6) is 0 Å². The van der Waals surface area contributed by atoms with Gasteiger partial charge in [-0.25, -0.2) is 0 Å². The summed E-state index contributed by atoms with van der Waals surface area (Å²) in [6, 6.07) is -1.98. The molecule has 0 heterocycles. The van der Waals surface area contributed by atoms with Crippen LogP contribution in [0.1, 0.15) is 59.3 Å². The van der Waals surface area contributed by atoms with Crippen molar-refractivity contribution in [1.29, 1.82) is 0 Å². The number of rotatable bonds is 14. The highest BCUT2D eigenvalue weighted by Crippen LogP contribution is 2.15. The summed E-state index contributed by atoms with van der Waals surface area (Å²) in [4.78, 5) is 36.3. The van der Waals surface area contributed by atoms with E-state index >= 15 is 0 Å². The van der Waals surface area contributed by atoms with Gasteiger partial charge in [-0.05, 0) is 33.2 Å². The summed E-state index contributed by atoms with van der Waals surface area (Å²) in [6.07, 6.45) is 4.28. The van der Waals surface area contributed by atoms with Gasteiger partial charge in [0.1, 0.15) is 6.04 Å². The summed E-state index contributed by atoms with van der Waals surface area (Å²) in [5.74, 6) is -1.52. The monoisotopic (exact) mass is 372 g/mol. The zero-order chi connectivity index (χ0) is 20.1. The van der Waals surface area contributed by atoms with Crippen LogP contribution in [-0.2, 0) is 14.4 Å². The van der Waals surface area contributed by atoms with Gasteiger partial charge in [0.15, 0.2) is 5.78 Å². The normalized spacial score (nSPS) is 15.6. The van der Waals surface area contributed by atoms with Crippen LogP contribution >= 0.6 is 0 Å². The Morgan fingerprint density at radius 2 is 1.65 bits per heavy atom. The van der Waals surface area contributed by atoms with E-state index in [1.807, 2.05) is 0 Å². The van der Waals surface area contributed by atoms with Gasteiger partial charge in [0.05, 0.1) is 12.1 Å². The van der Waals surface area contributed by atoms with E-state index in [0.29, 0.717) is 19.4 Å². The van der Waals surface area contributed by atoms with E-state index in [1.54, 1.807) is 0 Å². The molecule has 0 radical (unpaired) electrons. The van der Waals surface area contributed by atoms with E-state index in [0.717, 1.165) is 25.7 Å². The standard InChI is InChI=1S/C18H36N4O4/c1-4-5-6-7-8-14(9-10-19)17(25)22-16(13(3)24)18(26)21-15(11-20)12(2)23/h13-16,24H,4-11,19-20H2,1-3H3,(H,21,26)(H,22,25)/t13-,14?,15-,16-/m0/s1. The number of amides is 2. The van der Waals surface area contributed by atoms with Gasteiger partial charge in [0.25, 0.3) is 0 Å². The molecule has 7 N–H and O–H groups in total. The molecule has 0 bridgehead atoms. The molecule has 0 saturated heterocycles. The molecule has 0 spiro atoms. The first-order chi connectivity index (χ1) is 12.3. The fraction of sp³-hybridized carbons (Fsp3) is 0.833. The second-order valence-electron chi connectivity index (χ2n) is 6.76. The van der Waals surface area contributed by atoms with Gasteiger partial charge in [-0.2, -0.15) is 0 Å². The average Bonchev–Trinajstić information content (AvgIpc) is 2.59. The maximum absolute atomic E-state index is 12.6. The van der Waals surface area contributed by atoms with E-state index in [4.69, 9.17) is 11.5 Å². The van der Waals surface area contributed by atoms with Crippen LogP contribution in [0.4, 0.5) is 0 Å². The van der Waals surface area contributed by atoms with E-state index in [2.05, 4.69) is 17.6 Å². The quantitative estimate of drug-likeness (QED) is 0.267. The Bertz CT molecular complexity index is 443. The predicted octanol–water partition coefficient (Wildman–Crippen LogP) is -0.180.